The summed E-state index contributed by atoms with van der Waals surface area (Å²) in [4.78, 5) is 18.4. The molecule has 1 fully saturated rings. The van der Waals surface area contributed by atoms with E-state index in [0.717, 1.165) is 17.3 Å². The zero-order valence-corrected chi connectivity index (χ0v) is 11.8. The van der Waals surface area contributed by atoms with Crippen LogP contribution in [-0.2, 0) is 0 Å². The zero-order valence-electron chi connectivity index (χ0n) is 10.2. The quantitative estimate of drug-likeness (QED) is 0.887. The minimum absolute atomic E-state index is 0.0159. The fourth-order valence-electron chi connectivity index (χ4n) is 2.25. The van der Waals surface area contributed by atoms with Gasteiger partial charge in [0, 0.05) is 24.3 Å². The monoisotopic (exact) mass is 313 g/mol. The summed E-state index contributed by atoms with van der Waals surface area (Å²) in [5.74, 6) is 0.483. The van der Waals surface area contributed by atoms with Crippen molar-refractivity contribution in [1.29, 1.82) is 0 Å². The van der Waals surface area contributed by atoms with Crippen LogP contribution >= 0.6 is 15.9 Å². The van der Waals surface area contributed by atoms with Crippen molar-refractivity contribution in [2.45, 2.75) is 18.9 Å². The minimum Gasteiger partial charge on any atom is -0.394 e. The molecule has 1 aliphatic heterocycles. The molecule has 2 heterocycles. The van der Waals surface area contributed by atoms with Crippen molar-refractivity contribution in [3.05, 3.63) is 22.3 Å². The maximum Gasteiger partial charge on any atom is 0.257 e. The molecule has 1 aromatic rings. The Morgan fingerprint density at radius 2 is 2.50 bits per heavy atom. The predicted octanol–water partition coefficient (Wildman–Crippen LogP) is 1.48. The van der Waals surface area contributed by atoms with E-state index in [-0.39, 0.29) is 18.6 Å². The number of hydrogen-bond donors (Lipinski definition) is 2. The Balaban J connectivity index is 2.30. The van der Waals surface area contributed by atoms with E-state index in [1.807, 2.05) is 0 Å². The highest BCUT2D eigenvalue weighted by atomic mass is 79.9. The van der Waals surface area contributed by atoms with Crippen LogP contribution in [0.15, 0.2) is 16.7 Å². The molecule has 2 rings (SSSR count). The van der Waals surface area contributed by atoms with E-state index in [1.54, 1.807) is 24.2 Å². The lowest BCUT2D eigenvalue weighted by Gasteiger charge is -2.23. The Morgan fingerprint density at radius 1 is 1.72 bits per heavy atom. The molecular formula is C12H16BrN3O2. The van der Waals surface area contributed by atoms with Gasteiger partial charge >= 0.3 is 0 Å². The maximum absolute atomic E-state index is 12.5. The average molecular weight is 314 g/mol. The molecule has 1 aromatic heterocycles. The van der Waals surface area contributed by atoms with Gasteiger partial charge in [-0.3, -0.25) is 4.79 Å². The van der Waals surface area contributed by atoms with Gasteiger partial charge in [-0.15, -0.1) is 0 Å². The molecule has 0 aliphatic carbocycles. The molecule has 98 valence electrons. The first kappa shape index (κ1) is 13.3. The SMILES string of the molecule is CNc1ncc(Br)cc1C(=O)N1CCCC1CO. The van der Waals surface area contributed by atoms with Gasteiger partial charge in [-0.25, -0.2) is 4.98 Å². The molecule has 2 N–H and O–H groups in total. The highest BCUT2D eigenvalue weighted by Gasteiger charge is 2.30. The smallest absolute Gasteiger partial charge is 0.257 e. The van der Waals surface area contributed by atoms with Crippen LogP contribution in [0, 0.1) is 0 Å². The molecule has 1 aliphatic rings. The second-order valence-corrected chi connectivity index (χ2v) is 5.19. The number of carbonyl (C=O) groups excluding carboxylic acids is 1. The minimum atomic E-state index is -0.0790. The second kappa shape index (κ2) is 5.67. The van der Waals surface area contributed by atoms with Gasteiger partial charge in [-0.2, -0.15) is 0 Å². The molecular weight excluding hydrogens is 298 g/mol. The Hall–Kier alpha value is -1.14. The Labute approximate surface area is 114 Å². The van der Waals surface area contributed by atoms with Crippen molar-refractivity contribution in [1.82, 2.24) is 9.88 Å². The summed E-state index contributed by atoms with van der Waals surface area (Å²) in [6.07, 6.45) is 3.45. The Kier molecular flexibility index (Phi) is 4.19. The number of aromatic nitrogens is 1. The van der Waals surface area contributed by atoms with Gasteiger partial charge in [0.2, 0.25) is 0 Å². The van der Waals surface area contributed by atoms with Crippen LogP contribution in [0.1, 0.15) is 23.2 Å². The summed E-state index contributed by atoms with van der Waals surface area (Å²) in [6, 6.07) is 1.69. The maximum atomic E-state index is 12.5. The number of nitrogens with one attached hydrogen (secondary N) is 1. The van der Waals surface area contributed by atoms with Crippen LogP contribution in [0.25, 0.3) is 0 Å². The predicted molar refractivity (Wildman–Crippen MR) is 72.6 cm³/mol. The van der Waals surface area contributed by atoms with Crippen molar-refractivity contribution < 1.29 is 9.90 Å². The van der Waals surface area contributed by atoms with Crippen molar-refractivity contribution in [2.75, 3.05) is 25.5 Å². The van der Waals surface area contributed by atoms with Gasteiger partial charge in [0.05, 0.1) is 18.2 Å². The van der Waals surface area contributed by atoms with Crippen LogP contribution in [0.2, 0.25) is 0 Å². The molecule has 0 aromatic carbocycles. The van der Waals surface area contributed by atoms with E-state index in [9.17, 15) is 9.90 Å². The summed E-state index contributed by atoms with van der Waals surface area (Å²) in [7, 11) is 1.74. The summed E-state index contributed by atoms with van der Waals surface area (Å²) in [5.41, 5.74) is 0.534. The lowest BCUT2D eigenvalue weighted by molar-refractivity contribution is 0.0678. The number of likely N-dealkylation sites (tertiary alicyclic amines) is 1. The van der Waals surface area contributed by atoms with Gasteiger partial charge in [0.1, 0.15) is 5.82 Å². The number of nitrogens with zero attached hydrogens (tertiary/aromatic N) is 2. The van der Waals surface area contributed by atoms with Gasteiger partial charge in [0.15, 0.2) is 0 Å². The number of anilines is 1. The molecule has 18 heavy (non-hydrogen) atoms. The number of hydrogen-bond acceptors (Lipinski definition) is 4. The van der Waals surface area contributed by atoms with Gasteiger partial charge < -0.3 is 15.3 Å². The number of rotatable bonds is 3. The normalized spacial score (nSPS) is 19.1. The van der Waals surface area contributed by atoms with Crippen LogP contribution in [0.3, 0.4) is 0 Å². The van der Waals surface area contributed by atoms with Crippen molar-refractivity contribution in [3.63, 3.8) is 0 Å². The lowest BCUT2D eigenvalue weighted by Crippen LogP contribution is -2.38. The third-order valence-electron chi connectivity index (χ3n) is 3.17. The van der Waals surface area contributed by atoms with E-state index in [1.165, 1.54) is 0 Å². The number of aliphatic hydroxyl groups is 1. The first-order valence-electron chi connectivity index (χ1n) is 5.92. The largest absolute Gasteiger partial charge is 0.394 e. The van der Waals surface area contributed by atoms with Crippen LogP contribution in [-0.4, -0.2) is 47.1 Å². The summed E-state index contributed by atoms with van der Waals surface area (Å²) < 4.78 is 0.768. The topological polar surface area (TPSA) is 65.5 Å². The fraction of sp³-hybridized carbons (Fsp3) is 0.500. The van der Waals surface area contributed by atoms with E-state index < -0.39 is 0 Å². The van der Waals surface area contributed by atoms with Crippen LogP contribution in [0.4, 0.5) is 5.82 Å². The zero-order chi connectivity index (χ0) is 13.1. The first-order valence-corrected chi connectivity index (χ1v) is 6.71. The molecule has 1 amide bonds. The molecule has 6 heteroatoms. The van der Waals surface area contributed by atoms with Crippen molar-refractivity contribution in [2.24, 2.45) is 0 Å². The number of halogens is 1. The third-order valence-corrected chi connectivity index (χ3v) is 3.60. The van der Waals surface area contributed by atoms with E-state index in [0.29, 0.717) is 17.9 Å². The summed E-state index contributed by atoms with van der Waals surface area (Å²) >= 11 is 3.32. The van der Waals surface area contributed by atoms with E-state index >= 15 is 0 Å². The molecule has 1 unspecified atom stereocenters. The summed E-state index contributed by atoms with van der Waals surface area (Å²) in [5, 5.41) is 12.2. The van der Waals surface area contributed by atoms with Crippen molar-refractivity contribution in [3.8, 4) is 0 Å². The fourth-order valence-corrected chi connectivity index (χ4v) is 2.58. The van der Waals surface area contributed by atoms with Gasteiger partial charge in [-0.1, -0.05) is 0 Å². The molecule has 1 atom stereocenters. The lowest BCUT2D eigenvalue weighted by atomic mass is 10.2. The van der Waals surface area contributed by atoms with Gasteiger partial charge in [-0.05, 0) is 34.8 Å². The average Bonchev–Trinajstić information content (AvgIpc) is 2.86. The molecule has 0 saturated carbocycles. The van der Waals surface area contributed by atoms with E-state index in [4.69, 9.17) is 0 Å². The second-order valence-electron chi connectivity index (χ2n) is 4.28. The number of pyridine rings is 1. The third kappa shape index (κ3) is 2.49. The standard InChI is InChI=1S/C12H16BrN3O2/c1-14-11-10(5-8(13)6-15-11)12(18)16-4-2-3-9(16)7-17/h5-6,9,17H,2-4,7H2,1H3,(H,14,15). The number of amides is 1. The van der Waals surface area contributed by atoms with Crippen LogP contribution in [0.5, 0.6) is 0 Å². The Bertz CT molecular complexity index is 453. The van der Waals surface area contributed by atoms with Gasteiger partial charge in [0.25, 0.3) is 5.91 Å². The number of aliphatic hydroxyl groups excluding tert-OH is 1. The molecule has 0 radical (unpaired) electrons. The Morgan fingerprint density at radius 3 is 3.17 bits per heavy atom. The number of carbonyl (C=O) groups is 1. The molecule has 0 spiro atoms. The van der Waals surface area contributed by atoms with Crippen LogP contribution < -0.4 is 5.32 Å². The van der Waals surface area contributed by atoms with Crippen molar-refractivity contribution >= 4 is 27.7 Å². The molecule has 5 nitrogen and oxygen atoms in total. The molecule has 0 bridgehead atoms. The highest BCUT2D eigenvalue weighted by Crippen LogP contribution is 2.24. The first-order chi connectivity index (χ1) is 8.67. The highest BCUT2D eigenvalue weighted by molar-refractivity contribution is 9.10. The summed E-state index contributed by atoms with van der Waals surface area (Å²) in [6.45, 7) is 0.710. The molecule has 1 saturated heterocycles. The van der Waals surface area contributed by atoms with E-state index in [2.05, 4.69) is 26.2 Å².